The molecule has 162 valence electrons. The second-order valence-corrected chi connectivity index (χ2v) is 8.88. The maximum atomic E-state index is 13.3. The van der Waals surface area contributed by atoms with Crippen LogP contribution in [0.2, 0.25) is 0 Å². The molecule has 0 bridgehead atoms. The van der Waals surface area contributed by atoms with Crippen molar-refractivity contribution in [1.29, 1.82) is 0 Å². The summed E-state index contributed by atoms with van der Waals surface area (Å²) in [6.07, 6.45) is 5.59. The van der Waals surface area contributed by atoms with E-state index < -0.39 is 0 Å². The molecule has 0 saturated heterocycles. The van der Waals surface area contributed by atoms with Crippen molar-refractivity contribution in [1.82, 2.24) is 9.55 Å². The fourth-order valence-electron chi connectivity index (χ4n) is 4.17. The van der Waals surface area contributed by atoms with E-state index in [-0.39, 0.29) is 12.0 Å². The van der Waals surface area contributed by atoms with Gasteiger partial charge in [-0.3, -0.25) is 4.57 Å². The van der Waals surface area contributed by atoms with Crippen molar-refractivity contribution < 1.29 is 9.53 Å². The minimum absolute atomic E-state index is 0.270. The van der Waals surface area contributed by atoms with Gasteiger partial charge < -0.3 is 10.1 Å². The number of halogens is 1. The molecule has 2 heterocycles. The van der Waals surface area contributed by atoms with E-state index in [1.54, 1.807) is 0 Å². The molecule has 0 unspecified atom stereocenters. The Morgan fingerprint density at radius 1 is 1.13 bits per heavy atom. The number of carbonyl (C=O) groups excluding carboxylic acids is 1. The number of anilines is 1. The molecule has 1 aromatic heterocycles. The molecule has 31 heavy (non-hydrogen) atoms. The monoisotopic (exact) mass is 481 g/mol. The first-order valence-corrected chi connectivity index (χ1v) is 11.8. The molecule has 1 aliphatic rings. The molecule has 1 aliphatic heterocycles. The van der Waals surface area contributed by atoms with Crippen LogP contribution in [0.5, 0.6) is 0 Å². The summed E-state index contributed by atoms with van der Waals surface area (Å²) >= 11 is 3.58. The van der Waals surface area contributed by atoms with E-state index in [1.807, 2.05) is 49.4 Å². The van der Waals surface area contributed by atoms with Gasteiger partial charge in [0, 0.05) is 10.2 Å². The maximum Gasteiger partial charge on any atom is 0.338 e. The van der Waals surface area contributed by atoms with Crippen LogP contribution in [0.1, 0.15) is 57.6 Å². The third-order valence-electron chi connectivity index (χ3n) is 5.70. The predicted octanol–water partition coefficient (Wildman–Crippen LogP) is 6.60. The normalized spacial score (nSPS) is 15.6. The van der Waals surface area contributed by atoms with E-state index >= 15 is 0 Å². The van der Waals surface area contributed by atoms with Crippen LogP contribution >= 0.6 is 15.9 Å². The summed E-state index contributed by atoms with van der Waals surface area (Å²) in [5, 5.41) is 3.33. The van der Waals surface area contributed by atoms with Gasteiger partial charge in [0.2, 0.25) is 5.95 Å². The first kappa shape index (κ1) is 21.6. The number of nitrogens with zero attached hydrogens (tertiary/aromatic N) is 2. The van der Waals surface area contributed by atoms with E-state index in [0.29, 0.717) is 12.2 Å². The highest BCUT2D eigenvalue weighted by Crippen LogP contribution is 2.40. The molecule has 0 amide bonds. The summed E-state index contributed by atoms with van der Waals surface area (Å²) in [4.78, 5) is 18.0. The van der Waals surface area contributed by atoms with Crippen LogP contribution in [0, 0.1) is 0 Å². The van der Waals surface area contributed by atoms with Gasteiger partial charge in [0.1, 0.15) is 0 Å². The number of ether oxygens (including phenoxy) is 1. The van der Waals surface area contributed by atoms with Crippen molar-refractivity contribution in [2.75, 3.05) is 11.9 Å². The number of nitrogens with one attached hydrogen (secondary N) is 1. The van der Waals surface area contributed by atoms with Crippen molar-refractivity contribution >= 4 is 38.9 Å². The Labute approximate surface area is 191 Å². The average Bonchev–Trinajstić information content (AvgIpc) is 3.12. The van der Waals surface area contributed by atoms with Gasteiger partial charge in [0.25, 0.3) is 0 Å². The highest BCUT2D eigenvalue weighted by molar-refractivity contribution is 9.10. The molecule has 1 N–H and O–H groups in total. The second kappa shape index (κ2) is 9.69. The van der Waals surface area contributed by atoms with Crippen LogP contribution in [-0.4, -0.2) is 22.1 Å². The lowest BCUT2D eigenvalue weighted by atomic mass is 9.95. The third-order valence-corrected chi connectivity index (χ3v) is 6.19. The number of esters is 1. The summed E-state index contributed by atoms with van der Waals surface area (Å²) < 4.78 is 8.80. The first-order valence-electron chi connectivity index (χ1n) is 11.0. The highest BCUT2D eigenvalue weighted by atomic mass is 79.9. The Morgan fingerprint density at radius 3 is 2.74 bits per heavy atom. The molecule has 0 spiro atoms. The number of para-hydroxylation sites is 2. The van der Waals surface area contributed by atoms with Crippen molar-refractivity contribution in [2.24, 2.45) is 0 Å². The van der Waals surface area contributed by atoms with Gasteiger partial charge in [-0.2, -0.15) is 0 Å². The van der Waals surface area contributed by atoms with Gasteiger partial charge in [0.15, 0.2) is 0 Å². The third kappa shape index (κ3) is 4.54. The van der Waals surface area contributed by atoms with Crippen molar-refractivity contribution in [3.63, 3.8) is 0 Å². The molecule has 0 aliphatic carbocycles. The van der Waals surface area contributed by atoms with Crippen LogP contribution in [0.25, 0.3) is 11.0 Å². The van der Waals surface area contributed by atoms with E-state index in [9.17, 15) is 4.79 Å². The number of imidazole rings is 1. The SMILES string of the molecule is CCCCCCCOC(=O)C1=C(C)Nc2nc3ccccc3n2[C@H]1c1cccc(Br)c1. The van der Waals surface area contributed by atoms with Crippen LogP contribution in [0.4, 0.5) is 5.95 Å². The lowest BCUT2D eigenvalue weighted by Crippen LogP contribution is -2.29. The van der Waals surface area contributed by atoms with Gasteiger partial charge in [-0.25, -0.2) is 9.78 Å². The van der Waals surface area contributed by atoms with Crippen molar-refractivity contribution in [3.05, 3.63) is 69.8 Å². The molecular weight excluding hydrogens is 454 g/mol. The van der Waals surface area contributed by atoms with Gasteiger partial charge >= 0.3 is 5.97 Å². The van der Waals surface area contributed by atoms with E-state index in [4.69, 9.17) is 9.72 Å². The van der Waals surface area contributed by atoms with E-state index in [1.165, 1.54) is 19.3 Å². The summed E-state index contributed by atoms with van der Waals surface area (Å²) in [5.74, 6) is 0.466. The number of fused-ring (bicyclic) bond motifs is 3. The minimum Gasteiger partial charge on any atom is -0.462 e. The number of hydrogen-bond acceptors (Lipinski definition) is 4. The molecule has 0 radical (unpaired) electrons. The van der Waals surface area contributed by atoms with Gasteiger partial charge in [-0.15, -0.1) is 0 Å². The Kier molecular flexibility index (Phi) is 6.76. The lowest BCUT2D eigenvalue weighted by Gasteiger charge is -2.30. The molecule has 6 heteroatoms. The zero-order chi connectivity index (χ0) is 21.8. The topological polar surface area (TPSA) is 56.1 Å². The molecule has 4 rings (SSSR count). The minimum atomic E-state index is -0.311. The molecule has 5 nitrogen and oxygen atoms in total. The first-order chi connectivity index (χ1) is 15.1. The molecule has 0 fully saturated rings. The fourth-order valence-corrected chi connectivity index (χ4v) is 4.59. The number of hydrogen-bond donors (Lipinski definition) is 1. The number of rotatable bonds is 8. The van der Waals surface area contributed by atoms with Crippen LogP contribution in [-0.2, 0) is 9.53 Å². The van der Waals surface area contributed by atoms with Crippen LogP contribution in [0.15, 0.2) is 64.3 Å². The molecule has 3 aromatic rings. The Morgan fingerprint density at radius 2 is 1.94 bits per heavy atom. The zero-order valence-electron chi connectivity index (χ0n) is 18.0. The highest BCUT2D eigenvalue weighted by Gasteiger charge is 2.35. The molecule has 1 atom stereocenters. The van der Waals surface area contributed by atoms with Crippen molar-refractivity contribution in [3.8, 4) is 0 Å². The largest absolute Gasteiger partial charge is 0.462 e. The molecular formula is C25H28BrN3O2. The van der Waals surface area contributed by atoms with E-state index in [0.717, 1.165) is 45.6 Å². The average molecular weight is 482 g/mol. The van der Waals surface area contributed by atoms with Crippen LogP contribution in [0.3, 0.4) is 0 Å². The number of unbranched alkanes of at least 4 members (excludes halogenated alkanes) is 4. The fraction of sp³-hybridized carbons (Fsp3) is 0.360. The Bertz CT molecular complexity index is 1120. The Hall–Kier alpha value is -2.60. The summed E-state index contributed by atoms with van der Waals surface area (Å²) in [7, 11) is 0. The summed E-state index contributed by atoms with van der Waals surface area (Å²) in [6, 6.07) is 15.8. The number of allylic oxidation sites excluding steroid dienone is 1. The number of benzene rings is 2. The zero-order valence-corrected chi connectivity index (χ0v) is 19.6. The van der Waals surface area contributed by atoms with Gasteiger partial charge in [0.05, 0.1) is 29.3 Å². The predicted molar refractivity (Wildman–Crippen MR) is 128 cm³/mol. The summed E-state index contributed by atoms with van der Waals surface area (Å²) in [6.45, 7) is 4.56. The molecule has 2 aromatic carbocycles. The maximum absolute atomic E-state index is 13.3. The Balaban J connectivity index is 1.68. The standard InChI is InChI=1S/C25H28BrN3O2/c1-3-4-5-6-9-15-31-24(30)22-17(2)27-25-28-20-13-7-8-14-21(20)29(25)23(22)18-11-10-12-19(26)16-18/h7-8,10-14,16,23H,3-6,9,15H2,1-2H3,(H,27,28)/t23-/m0/s1. The second-order valence-electron chi connectivity index (χ2n) is 7.97. The smallest absolute Gasteiger partial charge is 0.338 e. The van der Waals surface area contributed by atoms with Crippen molar-refractivity contribution in [2.45, 2.75) is 52.0 Å². The number of aromatic nitrogens is 2. The quantitative estimate of drug-likeness (QED) is 0.290. The lowest BCUT2D eigenvalue weighted by molar-refractivity contribution is -0.139. The van der Waals surface area contributed by atoms with Gasteiger partial charge in [-0.1, -0.05) is 72.8 Å². The van der Waals surface area contributed by atoms with Gasteiger partial charge in [-0.05, 0) is 43.2 Å². The van der Waals surface area contributed by atoms with Crippen LogP contribution < -0.4 is 5.32 Å². The number of carbonyl (C=O) groups is 1. The molecule has 0 saturated carbocycles. The van der Waals surface area contributed by atoms with E-state index in [2.05, 4.69) is 38.8 Å². The summed E-state index contributed by atoms with van der Waals surface area (Å²) in [5.41, 5.74) is 4.29.